The lowest BCUT2D eigenvalue weighted by atomic mass is 9.69. The van der Waals surface area contributed by atoms with Gasteiger partial charge in [0.25, 0.3) is 0 Å². The molecule has 0 saturated heterocycles. The molecule has 1 aromatic rings. The maximum Gasteiger partial charge on any atom is 0.330 e. The molecule has 0 N–H and O–H groups in total. The molecule has 0 aliphatic heterocycles. The summed E-state index contributed by atoms with van der Waals surface area (Å²) in [6.07, 6.45) is 19.1. The Morgan fingerprint density at radius 2 is 1.49 bits per heavy atom. The number of benzene rings is 1. The van der Waals surface area contributed by atoms with E-state index in [2.05, 4.69) is 27.4 Å². The molecule has 3 rings (SSSR count). The first-order chi connectivity index (χ1) is 17.9. The molecule has 0 spiro atoms. The third kappa shape index (κ3) is 9.30. The SMILES string of the molecule is C=CC(=O)OCCCCCCc1c(C)cc(OC(=O)C2CCC(C3CCC(CCC)CC3)CC2)cc1C. The zero-order valence-corrected chi connectivity index (χ0v) is 23.7. The monoisotopic (exact) mass is 510 g/mol. The number of ether oxygens (including phenoxy) is 2. The Hall–Kier alpha value is -2.10. The molecule has 0 atom stereocenters. The van der Waals surface area contributed by atoms with Crippen LogP contribution in [-0.4, -0.2) is 18.5 Å². The highest BCUT2D eigenvalue weighted by Crippen LogP contribution is 2.42. The fraction of sp³-hybridized carbons (Fsp3) is 0.697. The molecule has 206 valence electrons. The van der Waals surface area contributed by atoms with Crippen molar-refractivity contribution in [3.05, 3.63) is 41.5 Å². The third-order valence-electron chi connectivity index (χ3n) is 8.98. The molecule has 2 aliphatic rings. The van der Waals surface area contributed by atoms with Crippen molar-refractivity contribution in [3.8, 4) is 5.75 Å². The standard InChI is InChI=1S/C33H50O4/c1-5-11-26-13-15-27(16-14-26)28-17-19-29(20-18-28)33(35)37-30-22-24(3)31(25(4)23-30)12-9-7-8-10-21-36-32(34)6-2/h6,22-23,26-29H,2,5,7-21H2,1,3-4H3. The van der Waals surface area contributed by atoms with Gasteiger partial charge in [-0.15, -0.1) is 0 Å². The lowest BCUT2D eigenvalue weighted by molar-refractivity contribution is -0.140. The molecule has 1 aromatic carbocycles. The topological polar surface area (TPSA) is 52.6 Å². The zero-order valence-electron chi connectivity index (χ0n) is 23.7. The number of hydrogen-bond acceptors (Lipinski definition) is 4. The molecule has 0 heterocycles. The van der Waals surface area contributed by atoms with Crippen LogP contribution in [0.3, 0.4) is 0 Å². The fourth-order valence-electron chi connectivity index (χ4n) is 6.78. The first kappa shape index (κ1) is 29.5. The maximum atomic E-state index is 13.0. The minimum atomic E-state index is -0.348. The van der Waals surface area contributed by atoms with Crippen LogP contribution in [0.2, 0.25) is 0 Å². The second-order valence-corrected chi connectivity index (χ2v) is 11.7. The van der Waals surface area contributed by atoms with Gasteiger partial charge in [-0.3, -0.25) is 4.79 Å². The van der Waals surface area contributed by atoms with E-state index in [1.807, 2.05) is 12.1 Å². The number of esters is 2. The molecular formula is C33H50O4. The van der Waals surface area contributed by atoms with Crippen LogP contribution in [0.15, 0.2) is 24.8 Å². The normalized spacial score (nSPS) is 23.9. The predicted octanol–water partition coefficient (Wildman–Crippen LogP) is 8.45. The summed E-state index contributed by atoms with van der Waals surface area (Å²) in [6, 6.07) is 4.07. The molecule has 0 radical (unpaired) electrons. The Morgan fingerprint density at radius 3 is 2.08 bits per heavy atom. The molecule has 4 heteroatoms. The smallest absolute Gasteiger partial charge is 0.330 e. The highest BCUT2D eigenvalue weighted by atomic mass is 16.5. The summed E-state index contributed by atoms with van der Waals surface area (Å²) in [4.78, 5) is 24.0. The molecule has 2 aliphatic carbocycles. The molecule has 0 bridgehead atoms. The van der Waals surface area contributed by atoms with Gasteiger partial charge in [-0.1, -0.05) is 52.0 Å². The van der Waals surface area contributed by atoms with Gasteiger partial charge in [0.05, 0.1) is 12.5 Å². The largest absolute Gasteiger partial charge is 0.463 e. The Bertz CT molecular complexity index is 849. The number of carbonyl (C=O) groups is 2. The van der Waals surface area contributed by atoms with E-state index in [0.29, 0.717) is 12.4 Å². The van der Waals surface area contributed by atoms with Crippen LogP contribution in [0.25, 0.3) is 0 Å². The van der Waals surface area contributed by atoms with E-state index in [4.69, 9.17) is 9.47 Å². The molecule has 37 heavy (non-hydrogen) atoms. The second-order valence-electron chi connectivity index (χ2n) is 11.7. The van der Waals surface area contributed by atoms with Gasteiger partial charge < -0.3 is 9.47 Å². The Labute approximate surface area is 225 Å². The van der Waals surface area contributed by atoms with Crippen molar-refractivity contribution in [1.82, 2.24) is 0 Å². The van der Waals surface area contributed by atoms with Gasteiger partial charge in [-0.05, 0) is 118 Å². The van der Waals surface area contributed by atoms with Crippen molar-refractivity contribution in [2.75, 3.05) is 6.61 Å². The summed E-state index contributed by atoms with van der Waals surface area (Å²) in [7, 11) is 0. The molecular weight excluding hydrogens is 460 g/mol. The summed E-state index contributed by atoms with van der Waals surface area (Å²) >= 11 is 0. The average Bonchev–Trinajstić information content (AvgIpc) is 2.90. The quantitative estimate of drug-likeness (QED) is 0.116. The van der Waals surface area contributed by atoms with Gasteiger partial charge in [0.2, 0.25) is 0 Å². The van der Waals surface area contributed by atoms with Crippen LogP contribution < -0.4 is 4.74 Å². The summed E-state index contributed by atoms with van der Waals surface area (Å²) in [5.74, 6) is 3.04. The summed E-state index contributed by atoms with van der Waals surface area (Å²) in [6.45, 7) is 10.4. The van der Waals surface area contributed by atoms with E-state index in [9.17, 15) is 9.59 Å². The Balaban J connectivity index is 1.38. The number of aryl methyl sites for hydroxylation is 2. The van der Waals surface area contributed by atoms with Crippen molar-refractivity contribution in [2.24, 2.45) is 23.7 Å². The molecule has 2 fully saturated rings. The van der Waals surface area contributed by atoms with Gasteiger partial charge in [0, 0.05) is 6.08 Å². The minimum Gasteiger partial charge on any atom is -0.463 e. The van der Waals surface area contributed by atoms with Gasteiger partial charge in [-0.25, -0.2) is 4.79 Å². The molecule has 4 nitrogen and oxygen atoms in total. The molecule has 0 unspecified atom stereocenters. The number of hydrogen-bond donors (Lipinski definition) is 0. The zero-order chi connectivity index (χ0) is 26.6. The van der Waals surface area contributed by atoms with Crippen molar-refractivity contribution in [1.29, 1.82) is 0 Å². The fourth-order valence-corrected chi connectivity index (χ4v) is 6.78. The van der Waals surface area contributed by atoms with E-state index < -0.39 is 0 Å². The second kappa shape index (κ2) is 15.3. The highest BCUT2D eigenvalue weighted by molar-refractivity contribution is 5.81. The first-order valence-corrected chi connectivity index (χ1v) is 15.0. The van der Waals surface area contributed by atoms with Crippen molar-refractivity contribution in [3.63, 3.8) is 0 Å². The lowest BCUT2D eigenvalue weighted by Gasteiger charge is -2.37. The average molecular weight is 511 g/mol. The lowest BCUT2D eigenvalue weighted by Crippen LogP contribution is -2.30. The van der Waals surface area contributed by atoms with Crippen molar-refractivity contribution >= 4 is 11.9 Å². The predicted molar refractivity (Wildman–Crippen MR) is 151 cm³/mol. The van der Waals surface area contributed by atoms with Crippen molar-refractivity contribution < 1.29 is 19.1 Å². The maximum absolute atomic E-state index is 13.0. The first-order valence-electron chi connectivity index (χ1n) is 15.0. The minimum absolute atomic E-state index is 0.0335. The summed E-state index contributed by atoms with van der Waals surface area (Å²) < 4.78 is 10.9. The molecule has 0 aromatic heterocycles. The number of unbranched alkanes of at least 4 members (excludes halogenated alkanes) is 3. The van der Waals surface area contributed by atoms with Crippen LogP contribution >= 0.6 is 0 Å². The highest BCUT2D eigenvalue weighted by Gasteiger charge is 2.33. The van der Waals surface area contributed by atoms with E-state index in [0.717, 1.165) is 62.7 Å². The summed E-state index contributed by atoms with van der Waals surface area (Å²) in [5.41, 5.74) is 3.75. The van der Waals surface area contributed by atoms with E-state index in [1.165, 1.54) is 74.1 Å². The van der Waals surface area contributed by atoms with Gasteiger partial charge in [0.15, 0.2) is 0 Å². The Kier molecular flexibility index (Phi) is 12.2. The van der Waals surface area contributed by atoms with E-state index >= 15 is 0 Å². The molecule has 0 amide bonds. The van der Waals surface area contributed by atoms with Crippen LogP contribution in [0, 0.1) is 37.5 Å². The third-order valence-corrected chi connectivity index (χ3v) is 8.98. The van der Waals surface area contributed by atoms with Crippen LogP contribution in [0.5, 0.6) is 5.75 Å². The van der Waals surface area contributed by atoms with Gasteiger partial charge in [0.1, 0.15) is 5.75 Å². The van der Waals surface area contributed by atoms with Crippen LogP contribution in [0.4, 0.5) is 0 Å². The molecule has 2 saturated carbocycles. The number of rotatable bonds is 13. The van der Waals surface area contributed by atoms with Crippen LogP contribution in [-0.2, 0) is 20.7 Å². The van der Waals surface area contributed by atoms with Gasteiger partial charge in [-0.2, -0.15) is 0 Å². The number of carbonyl (C=O) groups excluding carboxylic acids is 2. The van der Waals surface area contributed by atoms with Crippen molar-refractivity contribution in [2.45, 2.75) is 117 Å². The van der Waals surface area contributed by atoms with E-state index in [-0.39, 0.29) is 17.9 Å². The Morgan fingerprint density at radius 1 is 0.892 bits per heavy atom. The summed E-state index contributed by atoms with van der Waals surface area (Å²) in [5, 5.41) is 0. The van der Waals surface area contributed by atoms with Gasteiger partial charge >= 0.3 is 11.9 Å². The van der Waals surface area contributed by atoms with Crippen LogP contribution in [0.1, 0.15) is 114 Å². The van der Waals surface area contributed by atoms with E-state index in [1.54, 1.807) is 0 Å².